The highest BCUT2D eigenvalue weighted by Gasteiger charge is 2.45. The molecular formula is C12H15NO2. The van der Waals surface area contributed by atoms with Crippen LogP contribution in [0.2, 0.25) is 0 Å². The molecule has 0 bridgehead atoms. The summed E-state index contributed by atoms with van der Waals surface area (Å²) < 4.78 is 11.1. The topological polar surface area (TPSA) is 30.5 Å². The molecule has 3 nitrogen and oxygen atoms in total. The molecule has 1 fully saturated rings. The molecule has 1 saturated carbocycles. The molecule has 0 atom stereocenters. The second-order valence-corrected chi connectivity index (χ2v) is 4.48. The Morgan fingerprint density at radius 3 is 3.00 bits per heavy atom. The van der Waals surface area contributed by atoms with E-state index in [0.29, 0.717) is 5.41 Å². The van der Waals surface area contributed by atoms with Gasteiger partial charge in [0.15, 0.2) is 0 Å². The lowest BCUT2D eigenvalue weighted by atomic mass is 10.1. The van der Waals surface area contributed by atoms with Crippen LogP contribution in [0.3, 0.4) is 0 Å². The van der Waals surface area contributed by atoms with E-state index in [1.54, 1.807) is 7.11 Å². The van der Waals surface area contributed by atoms with Gasteiger partial charge in [0.2, 0.25) is 0 Å². The number of fused-ring (bicyclic) bond motifs is 1. The van der Waals surface area contributed by atoms with Crippen molar-refractivity contribution in [1.29, 1.82) is 0 Å². The SMILES string of the molecule is COc1cccc2c1NCC1(CC1)CO2. The first-order valence-electron chi connectivity index (χ1n) is 5.37. The van der Waals surface area contributed by atoms with Crippen molar-refractivity contribution in [3.63, 3.8) is 0 Å². The molecule has 1 N–H and O–H groups in total. The van der Waals surface area contributed by atoms with Crippen LogP contribution >= 0.6 is 0 Å². The maximum Gasteiger partial charge on any atom is 0.146 e. The summed E-state index contributed by atoms with van der Waals surface area (Å²) in [5, 5.41) is 3.45. The first kappa shape index (κ1) is 8.89. The van der Waals surface area contributed by atoms with E-state index in [1.165, 1.54) is 12.8 Å². The fourth-order valence-electron chi connectivity index (χ4n) is 2.03. The number of methoxy groups -OCH3 is 1. The van der Waals surface area contributed by atoms with Gasteiger partial charge >= 0.3 is 0 Å². The smallest absolute Gasteiger partial charge is 0.146 e. The number of benzene rings is 1. The lowest BCUT2D eigenvalue weighted by molar-refractivity contribution is 0.251. The number of ether oxygens (including phenoxy) is 2. The molecule has 0 amide bonds. The van der Waals surface area contributed by atoms with Crippen molar-refractivity contribution in [2.24, 2.45) is 5.41 Å². The average Bonchev–Trinajstić information content (AvgIpc) is 3.07. The molecule has 0 unspecified atom stereocenters. The number of hydrogen-bond acceptors (Lipinski definition) is 3. The number of rotatable bonds is 1. The summed E-state index contributed by atoms with van der Waals surface area (Å²) in [6, 6.07) is 5.91. The Kier molecular flexibility index (Phi) is 1.81. The highest BCUT2D eigenvalue weighted by molar-refractivity contribution is 5.66. The van der Waals surface area contributed by atoms with Crippen molar-refractivity contribution in [2.45, 2.75) is 12.8 Å². The number of anilines is 1. The van der Waals surface area contributed by atoms with Crippen LogP contribution in [-0.2, 0) is 0 Å². The zero-order valence-electron chi connectivity index (χ0n) is 8.88. The van der Waals surface area contributed by atoms with Crippen LogP contribution in [0.4, 0.5) is 5.69 Å². The minimum absolute atomic E-state index is 0.393. The first-order chi connectivity index (χ1) is 7.33. The van der Waals surface area contributed by atoms with E-state index < -0.39 is 0 Å². The number of nitrogens with one attached hydrogen (secondary N) is 1. The van der Waals surface area contributed by atoms with Crippen LogP contribution in [0.25, 0.3) is 0 Å². The van der Waals surface area contributed by atoms with Gasteiger partial charge in [-0.25, -0.2) is 0 Å². The third-order valence-electron chi connectivity index (χ3n) is 3.34. The van der Waals surface area contributed by atoms with Crippen LogP contribution in [0.1, 0.15) is 12.8 Å². The summed E-state index contributed by atoms with van der Waals surface area (Å²) >= 11 is 0. The Labute approximate surface area is 89.4 Å². The summed E-state index contributed by atoms with van der Waals surface area (Å²) in [6.45, 7) is 1.83. The van der Waals surface area contributed by atoms with Crippen molar-refractivity contribution in [3.05, 3.63) is 18.2 Å². The standard InChI is InChI=1S/C12H15NO2/c1-14-9-3-2-4-10-11(9)13-7-12(5-6-12)8-15-10/h2-4,13H,5-8H2,1H3. The summed E-state index contributed by atoms with van der Waals surface area (Å²) in [5.74, 6) is 1.78. The molecule has 0 aromatic heterocycles. The molecule has 1 spiro atoms. The Hall–Kier alpha value is -1.38. The van der Waals surface area contributed by atoms with Gasteiger partial charge in [-0.05, 0) is 25.0 Å². The van der Waals surface area contributed by atoms with Gasteiger partial charge in [0.05, 0.1) is 13.7 Å². The van der Waals surface area contributed by atoms with Crippen molar-refractivity contribution in [1.82, 2.24) is 0 Å². The lowest BCUT2D eigenvalue weighted by Crippen LogP contribution is -2.18. The zero-order chi connectivity index (χ0) is 10.3. The van der Waals surface area contributed by atoms with Crippen LogP contribution in [0.5, 0.6) is 11.5 Å². The summed E-state index contributed by atoms with van der Waals surface area (Å²) in [4.78, 5) is 0. The van der Waals surface area contributed by atoms with E-state index in [9.17, 15) is 0 Å². The molecule has 15 heavy (non-hydrogen) atoms. The quantitative estimate of drug-likeness (QED) is 0.763. The first-order valence-corrected chi connectivity index (χ1v) is 5.37. The molecule has 0 saturated heterocycles. The number of hydrogen-bond donors (Lipinski definition) is 1. The average molecular weight is 205 g/mol. The van der Waals surface area contributed by atoms with E-state index in [2.05, 4.69) is 5.32 Å². The van der Waals surface area contributed by atoms with Crippen molar-refractivity contribution in [2.75, 3.05) is 25.6 Å². The van der Waals surface area contributed by atoms with E-state index in [0.717, 1.165) is 30.3 Å². The Bertz CT molecular complexity index is 385. The highest BCUT2D eigenvalue weighted by Crippen LogP contribution is 2.49. The predicted octanol–water partition coefficient (Wildman–Crippen LogP) is 2.28. The third-order valence-corrected chi connectivity index (χ3v) is 3.34. The maximum absolute atomic E-state index is 5.83. The molecular weight excluding hydrogens is 190 g/mol. The van der Waals surface area contributed by atoms with Gasteiger partial charge in [0.1, 0.15) is 17.2 Å². The van der Waals surface area contributed by atoms with Gasteiger partial charge in [-0.1, -0.05) is 6.07 Å². The second kappa shape index (κ2) is 3.05. The lowest BCUT2D eigenvalue weighted by Gasteiger charge is -2.11. The Morgan fingerprint density at radius 1 is 1.40 bits per heavy atom. The number of para-hydroxylation sites is 1. The van der Waals surface area contributed by atoms with Gasteiger partial charge in [-0.15, -0.1) is 0 Å². The molecule has 2 aliphatic rings. The second-order valence-electron chi connectivity index (χ2n) is 4.48. The van der Waals surface area contributed by atoms with E-state index >= 15 is 0 Å². The van der Waals surface area contributed by atoms with Crippen LogP contribution in [0.15, 0.2) is 18.2 Å². The van der Waals surface area contributed by atoms with E-state index in [4.69, 9.17) is 9.47 Å². The van der Waals surface area contributed by atoms with Gasteiger partial charge in [0.25, 0.3) is 0 Å². The fraction of sp³-hybridized carbons (Fsp3) is 0.500. The molecule has 1 aromatic carbocycles. The van der Waals surface area contributed by atoms with Gasteiger partial charge < -0.3 is 14.8 Å². The molecule has 80 valence electrons. The van der Waals surface area contributed by atoms with Crippen LogP contribution in [0, 0.1) is 5.41 Å². The Balaban J connectivity index is 1.95. The molecule has 1 heterocycles. The fourth-order valence-corrected chi connectivity index (χ4v) is 2.03. The monoisotopic (exact) mass is 205 g/mol. The molecule has 3 heteroatoms. The molecule has 1 aliphatic heterocycles. The normalized spacial score (nSPS) is 20.9. The van der Waals surface area contributed by atoms with Crippen molar-refractivity contribution >= 4 is 5.69 Å². The minimum Gasteiger partial charge on any atom is -0.494 e. The minimum atomic E-state index is 0.393. The van der Waals surface area contributed by atoms with Crippen molar-refractivity contribution < 1.29 is 9.47 Å². The van der Waals surface area contributed by atoms with Crippen LogP contribution < -0.4 is 14.8 Å². The molecule has 0 radical (unpaired) electrons. The summed E-state index contributed by atoms with van der Waals surface area (Å²) in [7, 11) is 1.69. The molecule has 1 aliphatic carbocycles. The zero-order valence-corrected chi connectivity index (χ0v) is 8.88. The van der Waals surface area contributed by atoms with E-state index in [-0.39, 0.29) is 0 Å². The summed E-state index contributed by atoms with van der Waals surface area (Å²) in [5.41, 5.74) is 1.40. The molecule has 3 rings (SSSR count). The maximum atomic E-state index is 5.83. The van der Waals surface area contributed by atoms with Gasteiger partial charge in [-0.3, -0.25) is 0 Å². The third kappa shape index (κ3) is 1.42. The van der Waals surface area contributed by atoms with Crippen molar-refractivity contribution in [3.8, 4) is 11.5 Å². The van der Waals surface area contributed by atoms with E-state index in [1.807, 2.05) is 18.2 Å². The highest BCUT2D eigenvalue weighted by atomic mass is 16.5. The van der Waals surface area contributed by atoms with Gasteiger partial charge in [-0.2, -0.15) is 0 Å². The largest absolute Gasteiger partial charge is 0.494 e. The van der Waals surface area contributed by atoms with Crippen LogP contribution in [-0.4, -0.2) is 20.3 Å². The van der Waals surface area contributed by atoms with Gasteiger partial charge in [0, 0.05) is 12.0 Å². The molecule has 1 aromatic rings. The summed E-state index contributed by atoms with van der Waals surface area (Å²) in [6.07, 6.45) is 2.55. The Morgan fingerprint density at radius 2 is 2.27 bits per heavy atom. The predicted molar refractivity (Wildman–Crippen MR) is 58.6 cm³/mol.